The molecule has 3 heterocycles. The first-order chi connectivity index (χ1) is 12.4. The fourth-order valence-corrected chi connectivity index (χ4v) is 3.26. The second kappa shape index (κ2) is 5.95. The monoisotopic (exact) mass is 369 g/mol. The van der Waals surface area contributed by atoms with Gasteiger partial charge in [0.15, 0.2) is 15.5 Å². The minimum Gasteiger partial charge on any atom is -0.338 e. The Hall–Kier alpha value is -3.20. The van der Waals surface area contributed by atoms with Gasteiger partial charge in [0.2, 0.25) is 11.8 Å². The lowest BCUT2D eigenvalue weighted by Gasteiger charge is -2.06. The van der Waals surface area contributed by atoms with Gasteiger partial charge in [-0.3, -0.25) is 5.32 Å². The predicted molar refractivity (Wildman–Crippen MR) is 96.1 cm³/mol. The van der Waals surface area contributed by atoms with Crippen LogP contribution < -0.4 is 5.32 Å². The van der Waals surface area contributed by atoms with Crippen LogP contribution in [0.3, 0.4) is 0 Å². The Morgan fingerprint density at radius 2 is 1.92 bits per heavy atom. The number of hydrogen-bond donors (Lipinski definition) is 1. The highest BCUT2D eigenvalue weighted by Crippen LogP contribution is 2.24. The molecule has 0 saturated heterocycles. The molecule has 4 aromatic rings. The number of aromatic nitrogens is 4. The smallest absolute Gasteiger partial charge is 0.249 e. The number of nitrogens with one attached hydrogen (secondary N) is 1. The van der Waals surface area contributed by atoms with E-state index in [1.165, 1.54) is 6.26 Å². The van der Waals surface area contributed by atoms with Crippen molar-refractivity contribution in [2.75, 3.05) is 11.6 Å². The van der Waals surface area contributed by atoms with E-state index in [2.05, 4.69) is 20.6 Å². The van der Waals surface area contributed by atoms with Crippen LogP contribution in [0.1, 0.15) is 5.69 Å². The summed E-state index contributed by atoms with van der Waals surface area (Å²) in [6.07, 6.45) is 1.18. The van der Waals surface area contributed by atoms with Gasteiger partial charge in [-0.2, -0.15) is 4.98 Å². The van der Waals surface area contributed by atoms with E-state index >= 15 is 0 Å². The third-order valence-corrected chi connectivity index (χ3v) is 4.89. The molecule has 1 aromatic carbocycles. The second-order valence-electron chi connectivity index (χ2n) is 5.87. The van der Waals surface area contributed by atoms with Gasteiger partial charge in [-0.1, -0.05) is 23.4 Å². The number of benzene rings is 1. The van der Waals surface area contributed by atoms with Gasteiger partial charge in [-0.15, -0.1) is 5.10 Å². The van der Waals surface area contributed by atoms with Crippen LogP contribution in [0, 0.1) is 6.92 Å². The standard InChI is InChI=1S/C17H15N5O3S/c1-11-9-16(25-21-11)19-17-18-15-8-4-7-14(22(15)20-17)12-5-3-6-13(10-12)26(2,23)24/h3-10H,1-2H3,(H,19,20). The lowest BCUT2D eigenvalue weighted by atomic mass is 10.1. The molecule has 1 N–H and O–H groups in total. The zero-order valence-electron chi connectivity index (χ0n) is 14.0. The number of aryl methyl sites for hydroxylation is 1. The molecule has 0 saturated carbocycles. The molecule has 4 rings (SSSR count). The molecule has 0 aliphatic heterocycles. The van der Waals surface area contributed by atoms with Crippen LogP contribution >= 0.6 is 0 Å². The van der Waals surface area contributed by atoms with E-state index in [0.717, 1.165) is 17.0 Å². The molecule has 0 atom stereocenters. The minimum atomic E-state index is -3.30. The Morgan fingerprint density at radius 3 is 2.65 bits per heavy atom. The molecule has 0 unspecified atom stereocenters. The summed E-state index contributed by atoms with van der Waals surface area (Å²) in [5.41, 5.74) is 2.81. The van der Waals surface area contributed by atoms with Gasteiger partial charge in [0.25, 0.3) is 0 Å². The van der Waals surface area contributed by atoms with Crippen molar-refractivity contribution in [3.8, 4) is 11.3 Å². The van der Waals surface area contributed by atoms with Gasteiger partial charge < -0.3 is 4.52 Å². The third kappa shape index (κ3) is 3.04. The Kier molecular flexibility index (Phi) is 3.73. The predicted octanol–water partition coefficient (Wildman–Crippen LogP) is 2.84. The summed E-state index contributed by atoms with van der Waals surface area (Å²) in [5, 5.41) is 11.2. The lowest BCUT2D eigenvalue weighted by Crippen LogP contribution is -1.99. The molecule has 26 heavy (non-hydrogen) atoms. The molecule has 8 nitrogen and oxygen atoms in total. The summed E-state index contributed by atoms with van der Waals surface area (Å²) >= 11 is 0. The Balaban J connectivity index is 1.79. The zero-order chi connectivity index (χ0) is 18.3. The molecule has 0 bridgehead atoms. The van der Waals surface area contributed by atoms with E-state index < -0.39 is 9.84 Å². The van der Waals surface area contributed by atoms with Crippen molar-refractivity contribution in [3.05, 3.63) is 54.2 Å². The zero-order valence-corrected chi connectivity index (χ0v) is 14.9. The minimum absolute atomic E-state index is 0.252. The molecule has 0 radical (unpaired) electrons. The van der Waals surface area contributed by atoms with Crippen LogP contribution in [0.4, 0.5) is 11.8 Å². The van der Waals surface area contributed by atoms with Crippen molar-refractivity contribution in [2.45, 2.75) is 11.8 Å². The summed E-state index contributed by atoms with van der Waals surface area (Å²) < 4.78 is 30.4. The molecule has 0 fully saturated rings. The van der Waals surface area contributed by atoms with E-state index in [-0.39, 0.29) is 4.90 Å². The molecular formula is C17H15N5O3S. The van der Waals surface area contributed by atoms with Crippen LogP contribution in [0.25, 0.3) is 16.9 Å². The summed E-state index contributed by atoms with van der Waals surface area (Å²) in [4.78, 5) is 4.66. The highest BCUT2D eigenvalue weighted by Gasteiger charge is 2.13. The van der Waals surface area contributed by atoms with E-state index in [1.807, 2.05) is 31.2 Å². The number of rotatable bonds is 4. The maximum atomic E-state index is 11.8. The maximum absolute atomic E-state index is 11.8. The van der Waals surface area contributed by atoms with Crippen molar-refractivity contribution >= 4 is 27.3 Å². The summed E-state index contributed by atoms with van der Waals surface area (Å²) in [6, 6.07) is 14.0. The molecule has 132 valence electrons. The third-order valence-electron chi connectivity index (χ3n) is 3.78. The average molecular weight is 369 g/mol. The van der Waals surface area contributed by atoms with Crippen LogP contribution in [0.5, 0.6) is 0 Å². The Labute approximate surface area is 149 Å². The average Bonchev–Trinajstić information content (AvgIpc) is 3.19. The van der Waals surface area contributed by atoms with Gasteiger partial charge in [0, 0.05) is 17.9 Å². The van der Waals surface area contributed by atoms with Crippen molar-refractivity contribution in [1.82, 2.24) is 19.8 Å². The highest BCUT2D eigenvalue weighted by atomic mass is 32.2. The summed E-state index contributed by atoms with van der Waals surface area (Å²) in [5.74, 6) is 0.798. The van der Waals surface area contributed by atoms with E-state index in [1.54, 1.807) is 28.8 Å². The molecule has 0 aliphatic rings. The van der Waals surface area contributed by atoms with Gasteiger partial charge in [-0.25, -0.2) is 12.9 Å². The molecule has 9 heteroatoms. The number of hydrogen-bond acceptors (Lipinski definition) is 7. The first-order valence-corrected chi connectivity index (χ1v) is 9.66. The van der Waals surface area contributed by atoms with Crippen LogP contribution in [-0.4, -0.2) is 34.4 Å². The number of nitrogens with zero attached hydrogens (tertiary/aromatic N) is 4. The number of anilines is 2. The number of sulfone groups is 1. The van der Waals surface area contributed by atoms with E-state index in [4.69, 9.17) is 4.52 Å². The van der Waals surface area contributed by atoms with Crippen molar-refractivity contribution < 1.29 is 12.9 Å². The van der Waals surface area contributed by atoms with Crippen molar-refractivity contribution in [1.29, 1.82) is 0 Å². The van der Waals surface area contributed by atoms with Crippen molar-refractivity contribution in [2.24, 2.45) is 0 Å². The largest absolute Gasteiger partial charge is 0.338 e. The number of fused-ring (bicyclic) bond motifs is 1. The molecule has 0 aliphatic carbocycles. The van der Waals surface area contributed by atoms with Gasteiger partial charge >= 0.3 is 0 Å². The Morgan fingerprint density at radius 1 is 1.12 bits per heavy atom. The summed E-state index contributed by atoms with van der Waals surface area (Å²) in [7, 11) is -3.30. The topological polar surface area (TPSA) is 102 Å². The molecular weight excluding hydrogens is 354 g/mol. The van der Waals surface area contributed by atoms with Gasteiger partial charge in [0.05, 0.1) is 16.3 Å². The van der Waals surface area contributed by atoms with Crippen LogP contribution in [-0.2, 0) is 9.84 Å². The highest BCUT2D eigenvalue weighted by molar-refractivity contribution is 7.90. The van der Waals surface area contributed by atoms with Gasteiger partial charge in [0.1, 0.15) is 0 Å². The second-order valence-corrected chi connectivity index (χ2v) is 7.89. The molecule has 0 amide bonds. The maximum Gasteiger partial charge on any atom is 0.249 e. The normalized spacial score (nSPS) is 11.8. The fraction of sp³-hybridized carbons (Fsp3) is 0.118. The number of pyridine rings is 1. The summed E-state index contributed by atoms with van der Waals surface area (Å²) in [6.45, 7) is 1.82. The van der Waals surface area contributed by atoms with E-state index in [9.17, 15) is 8.42 Å². The molecule has 0 spiro atoms. The van der Waals surface area contributed by atoms with Gasteiger partial charge in [-0.05, 0) is 31.2 Å². The van der Waals surface area contributed by atoms with Crippen LogP contribution in [0.15, 0.2) is 57.9 Å². The first kappa shape index (κ1) is 16.3. The van der Waals surface area contributed by atoms with Crippen molar-refractivity contribution in [3.63, 3.8) is 0 Å². The first-order valence-electron chi connectivity index (χ1n) is 7.77. The Bertz CT molecular complexity index is 1210. The van der Waals surface area contributed by atoms with E-state index in [0.29, 0.717) is 17.5 Å². The quantitative estimate of drug-likeness (QED) is 0.590. The van der Waals surface area contributed by atoms with Crippen LogP contribution in [0.2, 0.25) is 0 Å². The molecule has 3 aromatic heterocycles. The lowest BCUT2D eigenvalue weighted by molar-refractivity contribution is 0.429. The SMILES string of the molecule is Cc1cc(Nc2nc3cccc(-c4cccc(S(C)(=O)=O)c4)n3n2)on1. The fourth-order valence-electron chi connectivity index (χ4n) is 2.60.